The molecule has 0 aromatic heterocycles. The van der Waals surface area contributed by atoms with Crippen molar-refractivity contribution in [2.75, 3.05) is 0 Å². The largest absolute Gasteiger partial charge is 0.438 e. The highest BCUT2D eigenvalue weighted by atomic mass is 35.5. The Balaban J connectivity index is 2.03. The normalized spacial score (nSPS) is 24.8. The van der Waals surface area contributed by atoms with E-state index in [0.29, 0.717) is 12.8 Å². The maximum Gasteiger partial charge on any atom is 0.438 e. The Morgan fingerprint density at radius 1 is 1.35 bits per heavy atom. The molecule has 0 saturated heterocycles. The van der Waals surface area contributed by atoms with Crippen molar-refractivity contribution < 1.29 is 23.1 Å². The van der Waals surface area contributed by atoms with Crippen LogP contribution in [0.25, 0.3) is 0 Å². The highest BCUT2D eigenvalue weighted by Crippen LogP contribution is 2.46. The lowest BCUT2D eigenvalue weighted by atomic mass is 10.0. The minimum Gasteiger partial charge on any atom is -0.362 e. The molecule has 0 bridgehead atoms. The lowest BCUT2D eigenvalue weighted by molar-refractivity contribution is -0.297. The van der Waals surface area contributed by atoms with Crippen LogP contribution >= 0.6 is 23.2 Å². The molecule has 1 fully saturated rings. The van der Waals surface area contributed by atoms with E-state index in [1.165, 1.54) is 12.1 Å². The number of carbonyl (C=O) groups excluding carboxylic acids is 1. The van der Waals surface area contributed by atoms with Crippen LogP contribution < -0.4 is 0 Å². The van der Waals surface area contributed by atoms with Crippen molar-refractivity contribution in [2.24, 2.45) is 11.0 Å². The molecule has 1 aromatic rings. The summed E-state index contributed by atoms with van der Waals surface area (Å²) in [6.45, 7) is 0. The van der Waals surface area contributed by atoms with Crippen LogP contribution in [0.3, 0.4) is 0 Å². The highest BCUT2D eigenvalue weighted by molar-refractivity contribution is 6.35. The number of halogens is 5. The molecule has 124 valence electrons. The van der Waals surface area contributed by atoms with E-state index in [2.05, 4.69) is 5.10 Å². The van der Waals surface area contributed by atoms with Crippen LogP contribution in [0.4, 0.5) is 13.2 Å². The first-order chi connectivity index (χ1) is 10.6. The number of hydrogen-bond donors (Lipinski definition) is 1. The van der Waals surface area contributed by atoms with E-state index in [0.717, 1.165) is 6.07 Å². The number of carbonyl (C=O) groups is 1. The summed E-state index contributed by atoms with van der Waals surface area (Å²) in [6, 6.07) is 3.85. The van der Waals surface area contributed by atoms with Crippen LogP contribution in [-0.2, 0) is 0 Å². The van der Waals surface area contributed by atoms with Gasteiger partial charge in [0, 0.05) is 17.2 Å². The van der Waals surface area contributed by atoms with Crippen molar-refractivity contribution >= 4 is 34.8 Å². The van der Waals surface area contributed by atoms with Crippen LogP contribution in [-0.4, -0.2) is 33.6 Å². The van der Waals surface area contributed by atoms with Gasteiger partial charge in [-0.3, -0.25) is 4.79 Å². The van der Waals surface area contributed by atoms with Gasteiger partial charge in [0.15, 0.2) is 0 Å². The van der Waals surface area contributed by atoms with E-state index in [4.69, 9.17) is 23.2 Å². The zero-order valence-corrected chi connectivity index (χ0v) is 13.1. The number of nitrogens with zero attached hydrogens (tertiary/aromatic N) is 2. The Hall–Kier alpha value is -1.31. The highest BCUT2D eigenvalue weighted by Gasteiger charge is 2.64. The molecule has 1 aliphatic carbocycles. The number of amides is 1. The van der Waals surface area contributed by atoms with Gasteiger partial charge >= 0.3 is 6.18 Å². The fourth-order valence-electron chi connectivity index (χ4n) is 2.43. The van der Waals surface area contributed by atoms with E-state index in [1.807, 2.05) is 0 Å². The summed E-state index contributed by atoms with van der Waals surface area (Å²) < 4.78 is 40.0. The molecular weight excluding hydrogens is 356 g/mol. The molecule has 1 atom stereocenters. The molecule has 23 heavy (non-hydrogen) atoms. The maximum absolute atomic E-state index is 13.3. The van der Waals surface area contributed by atoms with Gasteiger partial charge in [-0.1, -0.05) is 23.2 Å². The molecule has 0 unspecified atom stereocenters. The number of hydrazone groups is 1. The molecule has 4 nitrogen and oxygen atoms in total. The van der Waals surface area contributed by atoms with Crippen molar-refractivity contribution in [3.8, 4) is 0 Å². The lowest BCUT2D eigenvalue weighted by Crippen LogP contribution is -2.56. The van der Waals surface area contributed by atoms with E-state index < -0.39 is 24.2 Å². The second-order valence-corrected chi connectivity index (χ2v) is 6.44. The minimum absolute atomic E-state index is 0.0704. The van der Waals surface area contributed by atoms with Crippen molar-refractivity contribution in [2.45, 2.75) is 31.2 Å². The van der Waals surface area contributed by atoms with Gasteiger partial charge in [0.2, 0.25) is 0 Å². The second kappa shape index (κ2) is 5.36. The first-order valence-corrected chi connectivity index (χ1v) is 7.55. The number of alkyl halides is 3. The molecule has 2 aliphatic rings. The fourth-order valence-corrected chi connectivity index (χ4v) is 2.80. The lowest BCUT2D eigenvalue weighted by Gasteiger charge is -2.32. The van der Waals surface area contributed by atoms with Gasteiger partial charge < -0.3 is 5.11 Å². The Morgan fingerprint density at radius 3 is 2.57 bits per heavy atom. The molecule has 9 heteroatoms. The third kappa shape index (κ3) is 2.81. The van der Waals surface area contributed by atoms with E-state index in [9.17, 15) is 23.1 Å². The van der Waals surface area contributed by atoms with Gasteiger partial charge in [-0.15, -0.1) is 0 Å². The standard InChI is InChI=1S/C14H11Cl2F3N2O2/c15-8-3-4-10(16)9(5-8)12(22)21-13(23,14(17,18)19)6-11(20-21)7-1-2-7/h3-5,7,23H,1-2,6H2/t13-/m0/s1. The summed E-state index contributed by atoms with van der Waals surface area (Å²) >= 11 is 11.6. The maximum atomic E-state index is 13.3. The monoisotopic (exact) mass is 366 g/mol. The molecular formula is C14H11Cl2F3N2O2. The quantitative estimate of drug-likeness (QED) is 0.863. The average molecular weight is 367 g/mol. The fraction of sp³-hybridized carbons (Fsp3) is 0.429. The number of benzene rings is 1. The number of rotatable bonds is 2. The van der Waals surface area contributed by atoms with Gasteiger partial charge in [-0.05, 0) is 37.0 Å². The molecule has 1 saturated carbocycles. The van der Waals surface area contributed by atoms with Crippen LogP contribution in [0, 0.1) is 5.92 Å². The molecule has 1 aromatic carbocycles. The van der Waals surface area contributed by atoms with Crippen LogP contribution in [0.5, 0.6) is 0 Å². The third-order valence-corrected chi connectivity index (χ3v) is 4.42. The molecule has 0 radical (unpaired) electrons. The summed E-state index contributed by atoms with van der Waals surface area (Å²) in [5.74, 6) is -1.26. The summed E-state index contributed by atoms with van der Waals surface area (Å²) in [4.78, 5) is 12.5. The molecule has 3 rings (SSSR count). The first-order valence-electron chi connectivity index (χ1n) is 6.79. The van der Waals surface area contributed by atoms with Crippen LogP contribution in [0.15, 0.2) is 23.3 Å². The SMILES string of the molecule is O=C(c1cc(Cl)ccc1Cl)N1N=C(C2CC2)C[C@]1(O)C(F)(F)F. The Kier molecular flexibility index (Phi) is 3.85. The summed E-state index contributed by atoms with van der Waals surface area (Å²) in [6.07, 6.45) is -4.39. The molecule has 1 aliphatic heterocycles. The second-order valence-electron chi connectivity index (χ2n) is 5.60. The van der Waals surface area contributed by atoms with Crippen molar-refractivity contribution in [3.05, 3.63) is 33.8 Å². The Labute approximate surface area is 139 Å². The van der Waals surface area contributed by atoms with Crippen molar-refractivity contribution in [1.82, 2.24) is 5.01 Å². The van der Waals surface area contributed by atoms with Crippen molar-refractivity contribution in [1.29, 1.82) is 0 Å². The minimum atomic E-state index is -5.05. The predicted octanol–water partition coefficient (Wildman–Crippen LogP) is 3.86. The molecule has 1 N–H and O–H groups in total. The average Bonchev–Trinajstić information content (AvgIpc) is 3.23. The zero-order chi connectivity index (χ0) is 17.0. The summed E-state index contributed by atoms with van der Waals surface area (Å²) in [5.41, 5.74) is -3.44. The smallest absolute Gasteiger partial charge is 0.362 e. The van der Waals surface area contributed by atoms with Gasteiger partial charge in [-0.2, -0.15) is 23.3 Å². The van der Waals surface area contributed by atoms with E-state index in [-0.39, 0.29) is 32.2 Å². The Bertz CT molecular complexity index is 704. The predicted molar refractivity (Wildman–Crippen MR) is 78.4 cm³/mol. The van der Waals surface area contributed by atoms with Gasteiger partial charge in [0.05, 0.1) is 10.6 Å². The first kappa shape index (κ1) is 16.5. The van der Waals surface area contributed by atoms with Crippen LogP contribution in [0.2, 0.25) is 10.0 Å². The third-order valence-electron chi connectivity index (χ3n) is 3.86. The number of hydrogen-bond acceptors (Lipinski definition) is 3. The summed E-state index contributed by atoms with van der Waals surface area (Å²) in [5, 5.41) is 14.0. The van der Waals surface area contributed by atoms with E-state index >= 15 is 0 Å². The zero-order valence-electron chi connectivity index (χ0n) is 11.6. The van der Waals surface area contributed by atoms with Gasteiger partial charge in [-0.25, -0.2) is 0 Å². The molecule has 1 amide bonds. The topological polar surface area (TPSA) is 52.9 Å². The van der Waals surface area contributed by atoms with Gasteiger partial charge in [0.25, 0.3) is 11.6 Å². The van der Waals surface area contributed by atoms with E-state index in [1.54, 1.807) is 0 Å². The van der Waals surface area contributed by atoms with Crippen molar-refractivity contribution in [3.63, 3.8) is 0 Å². The molecule has 1 heterocycles. The molecule has 0 spiro atoms. The summed E-state index contributed by atoms with van der Waals surface area (Å²) in [7, 11) is 0. The van der Waals surface area contributed by atoms with Gasteiger partial charge in [0.1, 0.15) is 0 Å². The Morgan fingerprint density at radius 2 is 2.00 bits per heavy atom. The van der Waals surface area contributed by atoms with Crippen LogP contribution in [0.1, 0.15) is 29.6 Å². The number of aliphatic hydroxyl groups is 1.